The Morgan fingerprint density at radius 3 is 1.56 bits per heavy atom. The van der Waals surface area contributed by atoms with Crippen LogP contribution in [0.5, 0.6) is 0 Å². The number of aliphatic hydroxyl groups is 5. The molecule has 1 heterocycles. The average molecular weight is 780 g/mol. The van der Waals surface area contributed by atoms with Crippen LogP contribution in [0, 0.1) is 0 Å². The van der Waals surface area contributed by atoms with Crippen molar-refractivity contribution >= 4 is 5.91 Å². The minimum Gasteiger partial charge on any atom is -0.394 e. The molecule has 0 radical (unpaired) electrons. The molecule has 7 unspecified atom stereocenters. The average Bonchev–Trinajstić information content (AvgIpc) is 3.18. The number of amides is 1. The van der Waals surface area contributed by atoms with Gasteiger partial charge in [-0.15, -0.1) is 0 Å². The fourth-order valence-corrected chi connectivity index (χ4v) is 7.03. The van der Waals surface area contributed by atoms with Gasteiger partial charge in [0.2, 0.25) is 5.91 Å². The van der Waals surface area contributed by atoms with Crippen molar-refractivity contribution in [3.63, 3.8) is 0 Å². The van der Waals surface area contributed by atoms with Gasteiger partial charge in [-0.2, -0.15) is 0 Å². The summed E-state index contributed by atoms with van der Waals surface area (Å²) in [6, 6.07) is -0.833. The summed E-state index contributed by atoms with van der Waals surface area (Å²) in [5.74, 6) is -0.244. The van der Waals surface area contributed by atoms with E-state index in [9.17, 15) is 30.3 Å². The van der Waals surface area contributed by atoms with E-state index < -0.39 is 49.5 Å². The second-order valence-electron chi connectivity index (χ2n) is 15.8. The van der Waals surface area contributed by atoms with Crippen LogP contribution < -0.4 is 5.32 Å². The van der Waals surface area contributed by atoms with Gasteiger partial charge in [-0.1, -0.05) is 185 Å². The van der Waals surface area contributed by atoms with E-state index in [0.29, 0.717) is 6.42 Å². The Morgan fingerprint density at radius 1 is 0.618 bits per heavy atom. The maximum atomic E-state index is 12.9. The molecule has 0 saturated carbocycles. The highest BCUT2D eigenvalue weighted by atomic mass is 16.7. The lowest BCUT2D eigenvalue weighted by atomic mass is 9.99. The first-order chi connectivity index (χ1) is 26.8. The van der Waals surface area contributed by atoms with Gasteiger partial charge in [0, 0.05) is 6.42 Å². The van der Waals surface area contributed by atoms with E-state index in [-0.39, 0.29) is 18.9 Å². The van der Waals surface area contributed by atoms with Crippen molar-refractivity contribution in [1.29, 1.82) is 0 Å². The molecule has 1 fully saturated rings. The van der Waals surface area contributed by atoms with E-state index in [1.807, 2.05) is 12.2 Å². The first-order valence-corrected chi connectivity index (χ1v) is 22.7. The molecule has 0 bridgehead atoms. The third-order valence-corrected chi connectivity index (χ3v) is 10.7. The summed E-state index contributed by atoms with van der Waals surface area (Å²) in [4.78, 5) is 12.9. The summed E-state index contributed by atoms with van der Waals surface area (Å²) >= 11 is 0. The smallest absolute Gasteiger partial charge is 0.220 e. The maximum absolute atomic E-state index is 12.9. The second-order valence-corrected chi connectivity index (χ2v) is 15.8. The molecule has 0 aromatic carbocycles. The summed E-state index contributed by atoms with van der Waals surface area (Å²) in [5, 5.41) is 54.1. The number of hydrogen-bond acceptors (Lipinski definition) is 8. The van der Waals surface area contributed by atoms with Crippen molar-refractivity contribution in [2.45, 2.75) is 236 Å². The number of carbonyl (C=O) groups is 1. The van der Waals surface area contributed by atoms with Gasteiger partial charge >= 0.3 is 0 Å². The lowest BCUT2D eigenvalue weighted by Crippen LogP contribution is -2.60. The van der Waals surface area contributed by atoms with Crippen LogP contribution >= 0.6 is 0 Å². The molecule has 0 aromatic rings. The van der Waals surface area contributed by atoms with E-state index in [4.69, 9.17) is 9.47 Å². The van der Waals surface area contributed by atoms with Crippen LogP contribution in [0.1, 0.15) is 194 Å². The molecule has 0 aliphatic carbocycles. The van der Waals surface area contributed by atoms with Gasteiger partial charge in [-0.3, -0.25) is 4.79 Å². The van der Waals surface area contributed by atoms with Crippen LogP contribution in [0.4, 0.5) is 0 Å². The van der Waals surface area contributed by atoms with E-state index in [0.717, 1.165) is 32.1 Å². The van der Waals surface area contributed by atoms with Crippen LogP contribution in [0.2, 0.25) is 0 Å². The highest BCUT2D eigenvalue weighted by Gasteiger charge is 2.44. The summed E-state index contributed by atoms with van der Waals surface area (Å²) < 4.78 is 11.2. The molecular weight excluding hydrogens is 695 g/mol. The molecule has 0 aromatic heterocycles. The highest BCUT2D eigenvalue weighted by Crippen LogP contribution is 2.22. The molecule has 9 nitrogen and oxygen atoms in total. The number of ether oxygens (including phenoxy) is 2. The number of hydrogen-bond donors (Lipinski definition) is 6. The zero-order valence-corrected chi connectivity index (χ0v) is 35.2. The van der Waals surface area contributed by atoms with Gasteiger partial charge in [-0.25, -0.2) is 0 Å². The number of unbranched alkanes of at least 4 members (excludes halogenated alkanes) is 23. The standard InChI is InChI=1S/C46H85NO8/c1-3-5-7-9-11-13-15-17-18-19-20-21-22-24-25-27-29-31-33-35-40(49)39(38-54-46-45(53)44(52)43(51)41(37-48)55-46)47-42(50)36-34-32-30-28-26-23-16-14-12-10-8-6-4-2/h23,26,30,32-33,35,39-41,43-46,48-49,51-53H,3-22,24-25,27-29,31,34,36-38H2,1-2H3,(H,47,50)/b26-23-,32-30-,35-33+. The van der Waals surface area contributed by atoms with E-state index in [2.05, 4.69) is 37.4 Å². The first-order valence-electron chi connectivity index (χ1n) is 22.7. The minimum atomic E-state index is -1.57. The predicted octanol–water partition coefficient (Wildman–Crippen LogP) is 9.28. The van der Waals surface area contributed by atoms with Crippen LogP contribution in [0.3, 0.4) is 0 Å². The molecule has 0 spiro atoms. The Hall–Kier alpha value is -1.59. The minimum absolute atomic E-state index is 0.210. The molecule has 1 saturated heterocycles. The molecular formula is C46H85NO8. The number of nitrogens with one attached hydrogen (secondary N) is 1. The zero-order valence-electron chi connectivity index (χ0n) is 35.2. The van der Waals surface area contributed by atoms with Crippen LogP contribution in [-0.4, -0.2) is 87.5 Å². The fraction of sp³-hybridized carbons (Fsp3) is 0.848. The molecule has 322 valence electrons. The quantitative estimate of drug-likeness (QED) is 0.0270. The lowest BCUT2D eigenvalue weighted by Gasteiger charge is -2.40. The Kier molecular flexibility index (Phi) is 34.3. The van der Waals surface area contributed by atoms with Gasteiger partial charge in [0.05, 0.1) is 25.4 Å². The normalized spacial score (nSPS) is 21.6. The van der Waals surface area contributed by atoms with Crippen LogP contribution in [0.25, 0.3) is 0 Å². The van der Waals surface area contributed by atoms with Gasteiger partial charge in [0.15, 0.2) is 6.29 Å². The highest BCUT2D eigenvalue weighted by molar-refractivity contribution is 5.76. The SMILES string of the molecule is CCCCCCCC/C=C\C/C=C\CCC(=O)NC(COC1OC(CO)C(O)C(O)C1O)C(O)/C=C/CCCCCCCCCCCCCCCCCCC. The van der Waals surface area contributed by atoms with Crippen molar-refractivity contribution in [3.05, 3.63) is 36.5 Å². The second kappa shape index (κ2) is 36.7. The maximum Gasteiger partial charge on any atom is 0.220 e. The molecule has 1 aliphatic rings. The number of carbonyl (C=O) groups excluding carboxylic acids is 1. The van der Waals surface area contributed by atoms with E-state index in [1.165, 1.54) is 135 Å². The predicted molar refractivity (Wildman–Crippen MR) is 226 cm³/mol. The molecule has 6 N–H and O–H groups in total. The molecule has 55 heavy (non-hydrogen) atoms. The summed E-state index contributed by atoms with van der Waals surface area (Å²) in [7, 11) is 0. The summed E-state index contributed by atoms with van der Waals surface area (Å²) in [6.07, 6.45) is 37.7. The van der Waals surface area contributed by atoms with Gasteiger partial charge in [-0.05, 0) is 38.5 Å². The summed E-state index contributed by atoms with van der Waals surface area (Å²) in [6.45, 7) is 3.72. The van der Waals surface area contributed by atoms with Crippen molar-refractivity contribution in [1.82, 2.24) is 5.32 Å². The van der Waals surface area contributed by atoms with Crippen molar-refractivity contribution in [2.75, 3.05) is 13.2 Å². The van der Waals surface area contributed by atoms with E-state index in [1.54, 1.807) is 6.08 Å². The molecule has 1 amide bonds. The molecule has 1 aliphatic heterocycles. The monoisotopic (exact) mass is 780 g/mol. The van der Waals surface area contributed by atoms with Gasteiger partial charge in [0.25, 0.3) is 0 Å². The number of allylic oxidation sites excluding steroid dienone is 5. The Morgan fingerprint density at radius 2 is 1.07 bits per heavy atom. The van der Waals surface area contributed by atoms with E-state index >= 15 is 0 Å². The zero-order chi connectivity index (χ0) is 40.2. The first kappa shape index (κ1) is 51.4. The Bertz CT molecular complexity index is 956. The lowest BCUT2D eigenvalue weighted by molar-refractivity contribution is -0.302. The topological polar surface area (TPSA) is 149 Å². The summed E-state index contributed by atoms with van der Waals surface area (Å²) in [5.41, 5.74) is 0. The van der Waals surface area contributed by atoms with Gasteiger partial charge < -0.3 is 40.3 Å². The van der Waals surface area contributed by atoms with Crippen molar-refractivity contribution in [3.8, 4) is 0 Å². The van der Waals surface area contributed by atoms with Crippen molar-refractivity contribution in [2.24, 2.45) is 0 Å². The fourth-order valence-electron chi connectivity index (χ4n) is 7.03. The molecule has 7 atom stereocenters. The van der Waals surface area contributed by atoms with Crippen LogP contribution in [-0.2, 0) is 14.3 Å². The number of rotatable bonds is 37. The Balaban J connectivity index is 2.39. The largest absolute Gasteiger partial charge is 0.394 e. The molecule has 1 rings (SSSR count). The number of aliphatic hydroxyl groups excluding tert-OH is 5. The van der Waals surface area contributed by atoms with Crippen molar-refractivity contribution < 1.29 is 39.8 Å². The Labute approximate surface area is 336 Å². The van der Waals surface area contributed by atoms with Gasteiger partial charge in [0.1, 0.15) is 24.4 Å². The third kappa shape index (κ3) is 27.6. The van der Waals surface area contributed by atoms with Crippen LogP contribution in [0.15, 0.2) is 36.5 Å². The third-order valence-electron chi connectivity index (χ3n) is 10.7. The molecule has 9 heteroatoms.